The standard InChI is InChI=1S/C22H29NO5/c1-22(2,3)28-20(25)14-17-12-8-5-9-13-19(24)23-18(15-27-21(17)26)16-10-6-4-7-11-16/h4-8,10-11,17-18H,9,12-15H2,1-3H3,(H,23,24)/b8-5+/t17-,18+/m0/s1. The Kier molecular flexibility index (Phi) is 7.79. The lowest BCUT2D eigenvalue weighted by Gasteiger charge is -2.23. The number of hydrogen-bond donors (Lipinski definition) is 1. The number of rotatable bonds is 3. The van der Waals surface area contributed by atoms with Crippen LogP contribution in [0.1, 0.15) is 58.1 Å². The Morgan fingerprint density at radius 3 is 2.57 bits per heavy atom. The summed E-state index contributed by atoms with van der Waals surface area (Å²) in [5.74, 6) is -1.60. The molecule has 0 radical (unpaired) electrons. The highest BCUT2D eigenvalue weighted by molar-refractivity contribution is 5.80. The van der Waals surface area contributed by atoms with E-state index < -0.39 is 29.5 Å². The first kappa shape index (κ1) is 21.7. The molecule has 28 heavy (non-hydrogen) atoms. The lowest BCUT2D eigenvalue weighted by Crippen LogP contribution is -2.34. The van der Waals surface area contributed by atoms with Gasteiger partial charge in [0.1, 0.15) is 12.2 Å². The molecular formula is C22H29NO5. The van der Waals surface area contributed by atoms with E-state index in [0.29, 0.717) is 19.3 Å². The number of benzene rings is 1. The third kappa shape index (κ3) is 7.55. The fraction of sp³-hybridized carbons (Fsp3) is 0.500. The van der Waals surface area contributed by atoms with E-state index in [2.05, 4.69) is 5.32 Å². The fourth-order valence-corrected chi connectivity index (χ4v) is 2.90. The van der Waals surface area contributed by atoms with Crippen LogP contribution >= 0.6 is 0 Å². The molecule has 0 fully saturated rings. The number of carbonyl (C=O) groups is 3. The summed E-state index contributed by atoms with van der Waals surface area (Å²) < 4.78 is 10.8. The van der Waals surface area contributed by atoms with Crippen LogP contribution in [0.15, 0.2) is 42.5 Å². The normalized spacial score (nSPS) is 22.8. The molecule has 0 saturated heterocycles. The molecule has 0 aliphatic carbocycles. The number of esters is 2. The first-order chi connectivity index (χ1) is 13.2. The van der Waals surface area contributed by atoms with Gasteiger partial charge in [-0.05, 0) is 39.2 Å². The zero-order chi connectivity index (χ0) is 20.6. The Bertz CT molecular complexity index is 705. The Morgan fingerprint density at radius 1 is 1.18 bits per heavy atom. The summed E-state index contributed by atoms with van der Waals surface area (Å²) in [5, 5.41) is 2.92. The summed E-state index contributed by atoms with van der Waals surface area (Å²) >= 11 is 0. The van der Waals surface area contributed by atoms with Crippen molar-refractivity contribution in [3.8, 4) is 0 Å². The van der Waals surface area contributed by atoms with Crippen molar-refractivity contribution in [2.75, 3.05) is 6.61 Å². The van der Waals surface area contributed by atoms with Gasteiger partial charge in [-0.2, -0.15) is 0 Å². The maximum Gasteiger partial charge on any atom is 0.309 e. The topological polar surface area (TPSA) is 81.7 Å². The minimum absolute atomic E-state index is 0.0170. The monoisotopic (exact) mass is 387 g/mol. The zero-order valence-corrected chi connectivity index (χ0v) is 16.8. The van der Waals surface area contributed by atoms with E-state index in [1.165, 1.54) is 0 Å². The summed E-state index contributed by atoms with van der Waals surface area (Å²) in [4.78, 5) is 36.9. The summed E-state index contributed by atoms with van der Waals surface area (Å²) in [6.45, 7) is 5.38. The predicted molar refractivity (Wildman–Crippen MR) is 105 cm³/mol. The average Bonchev–Trinajstić information content (AvgIpc) is 2.62. The molecule has 1 aromatic carbocycles. The highest BCUT2D eigenvalue weighted by Gasteiger charge is 2.27. The fourth-order valence-electron chi connectivity index (χ4n) is 2.90. The SMILES string of the molecule is CC(C)(C)OC(=O)C[C@@H]1C/C=C/CCC(=O)N[C@@H](c2ccccc2)COC1=O. The van der Waals surface area contributed by atoms with Gasteiger partial charge in [-0.1, -0.05) is 42.5 Å². The van der Waals surface area contributed by atoms with Crippen molar-refractivity contribution < 1.29 is 23.9 Å². The molecule has 6 heteroatoms. The van der Waals surface area contributed by atoms with Crippen LogP contribution in [0.3, 0.4) is 0 Å². The van der Waals surface area contributed by atoms with Gasteiger partial charge in [0, 0.05) is 6.42 Å². The highest BCUT2D eigenvalue weighted by atomic mass is 16.6. The van der Waals surface area contributed by atoms with Crippen LogP contribution in [0, 0.1) is 5.92 Å². The summed E-state index contributed by atoms with van der Waals surface area (Å²) in [7, 11) is 0. The van der Waals surface area contributed by atoms with Crippen LogP contribution in [0.25, 0.3) is 0 Å². The maximum atomic E-state index is 12.6. The second-order valence-corrected chi connectivity index (χ2v) is 7.89. The molecule has 1 aromatic rings. The van der Waals surface area contributed by atoms with Crippen LogP contribution < -0.4 is 5.32 Å². The van der Waals surface area contributed by atoms with Gasteiger partial charge in [0.25, 0.3) is 0 Å². The highest BCUT2D eigenvalue weighted by Crippen LogP contribution is 2.20. The largest absolute Gasteiger partial charge is 0.463 e. The molecule has 0 aromatic heterocycles. The predicted octanol–water partition coefficient (Wildman–Crippen LogP) is 3.48. The van der Waals surface area contributed by atoms with Gasteiger partial charge in [0.2, 0.25) is 5.91 Å². The van der Waals surface area contributed by atoms with Crippen LogP contribution in [-0.4, -0.2) is 30.1 Å². The zero-order valence-electron chi connectivity index (χ0n) is 16.8. The molecule has 0 spiro atoms. The van der Waals surface area contributed by atoms with E-state index >= 15 is 0 Å². The molecule has 1 heterocycles. The number of cyclic esters (lactones) is 1. The Labute approximate surface area is 166 Å². The van der Waals surface area contributed by atoms with E-state index in [-0.39, 0.29) is 18.9 Å². The molecule has 6 nitrogen and oxygen atoms in total. The van der Waals surface area contributed by atoms with Crippen molar-refractivity contribution in [3.05, 3.63) is 48.0 Å². The number of nitrogens with one attached hydrogen (secondary N) is 1. The van der Waals surface area contributed by atoms with Crippen molar-refractivity contribution in [3.63, 3.8) is 0 Å². The van der Waals surface area contributed by atoms with Gasteiger partial charge < -0.3 is 14.8 Å². The smallest absolute Gasteiger partial charge is 0.309 e. The van der Waals surface area contributed by atoms with E-state index in [1.54, 1.807) is 20.8 Å². The van der Waals surface area contributed by atoms with Crippen LogP contribution in [-0.2, 0) is 23.9 Å². The molecule has 1 aliphatic heterocycles. The van der Waals surface area contributed by atoms with Crippen molar-refractivity contribution in [1.29, 1.82) is 0 Å². The van der Waals surface area contributed by atoms with Gasteiger partial charge in [-0.3, -0.25) is 14.4 Å². The molecule has 1 N–H and O–H groups in total. The van der Waals surface area contributed by atoms with Crippen LogP contribution in [0.5, 0.6) is 0 Å². The van der Waals surface area contributed by atoms with Crippen LogP contribution in [0.4, 0.5) is 0 Å². The van der Waals surface area contributed by atoms with E-state index in [9.17, 15) is 14.4 Å². The molecule has 1 amide bonds. The third-order valence-corrected chi connectivity index (χ3v) is 4.22. The Morgan fingerprint density at radius 2 is 1.89 bits per heavy atom. The molecule has 0 unspecified atom stereocenters. The lowest BCUT2D eigenvalue weighted by atomic mass is 10.00. The van der Waals surface area contributed by atoms with E-state index in [4.69, 9.17) is 9.47 Å². The Balaban J connectivity index is 2.11. The second-order valence-electron chi connectivity index (χ2n) is 7.89. The maximum absolute atomic E-state index is 12.6. The third-order valence-electron chi connectivity index (χ3n) is 4.22. The molecule has 152 valence electrons. The average molecular weight is 387 g/mol. The number of amides is 1. The van der Waals surface area contributed by atoms with E-state index in [0.717, 1.165) is 5.56 Å². The number of hydrogen-bond acceptors (Lipinski definition) is 5. The molecular weight excluding hydrogens is 358 g/mol. The molecule has 1 aliphatic rings. The minimum Gasteiger partial charge on any atom is -0.463 e. The van der Waals surface area contributed by atoms with Crippen molar-refractivity contribution in [2.45, 2.75) is 58.1 Å². The quantitative estimate of drug-likeness (QED) is 0.634. The van der Waals surface area contributed by atoms with Gasteiger partial charge in [-0.15, -0.1) is 0 Å². The minimum atomic E-state index is -0.613. The first-order valence-corrected chi connectivity index (χ1v) is 9.62. The molecule has 0 saturated carbocycles. The molecule has 2 atom stereocenters. The number of ether oxygens (including phenoxy) is 2. The summed E-state index contributed by atoms with van der Waals surface area (Å²) in [6.07, 6.45) is 4.93. The van der Waals surface area contributed by atoms with Crippen molar-refractivity contribution in [1.82, 2.24) is 5.32 Å². The summed E-state index contributed by atoms with van der Waals surface area (Å²) in [6, 6.07) is 8.95. The molecule has 0 bridgehead atoms. The Hall–Kier alpha value is -2.63. The van der Waals surface area contributed by atoms with Crippen molar-refractivity contribution >= 4 is 17.8 Å². The number of allylic oxidation sites excluding steroid dienone is 2. The second kappa shape index (κ2) is 10.1. The summed E-state index contributed by atoms with van der Waals surface area (Å²) in [5.41, 5.74) is 0.255. The lowest BCUT2D eigenvalue weighted by molar-refractivity contribution is -0.161. The van der Waals surface area contributed by atoms with Gasteiger partial charge in [0.15, 0.2) is 0 Å². The first-order valence-electron chi connectivity index (χ1n) is 9.62. The van der Waals surface area contributed by atoms with Crippen molar-refractivity contribution in [2.24, 2.45) is 5.92 Å². The number of carbonyl (C=O) groups excluding carboxylic acids is 3. The molecule has 2 rings (SSSR count). The van der Waals surface area contributed by atoms with E-state index in [1.807, 2.05) is 42.5 Å². The van der Waals surface area contributed by atoms with Gasteiger partial charge >= 0.3 is 11.9 Å². The van der Waals surface area contributed by atoms with Gasteiger partial charge in [-0.25, -0.2) is 0 Å². The van der Waals surface area contributed by atoms with Crippen LogP contribution in [0.2, 0.25) is 0 Å². The van der Waals surface area contributed by atoms with Gasteiger partial charge in [0.05, 0.1) is 18.4 Å².